The van der Waals surface area contributed by atoms with Crippen molar-refractivity contribution < 1.29 is 14.3 Å². The summed E-state index contributed by atoms with van der Waals surface area (Å²) in [6.45, 7) is 0.123. The van der Waals surface area contributed by atoms with E-state index in [0.717, 1.165) is 0 Å². The molecular formula is C16H14ClN3O3. The second-order valence-corrected chi connectivity index (χ2v) is 5.36. The predicted octanol–water partition coefficient (Wildman–Crippen LogP) is 1.89. The lowest BCUT2D eigenvalue weighted by molar-refractivity contribution is -0.127. The largest absolute Gasteiger partial charge is 0.477 e. The lowest BCUT2D eigenvalue weighted by Gasteiger charge is -2.34. The van der Waals surface area contributed by atoms with Crippen molar-refractivity contribution in [1.29, 1.82) is 0 Å². The number of carbonyl (C=O) groups excluding carboxylic acids is 2. The molecule has 2 heterocycles. The molecule has 0 saturated heterocycles. The highest BCUT2D eigenvalue weighted by Gasteiger charge is 2.33. The minimum absolute atomic E-state index is 0.123. The van der Waals surface area contributed by atoms with E-state index in [0.29, 0.717) is 22.2 Å². The summed E-state index contributed by atoms with van der Waals surface area (Å²) in [5.41, 5.74) is 1.01. The Bertz CT molecular complexity index is 748. The quantitative estimate of drug-likeness (QED) is 0.853. The Balaban J connectivity index is 1.97. The van der Waals surface area contributed by atoms with Crippen molar-refractivity contribution in [2.24, 2.45) is 0 Å². The molecule has 118 valence electrons. The third-order valence-corrected chi connectivity index (χ3v) is 3.76. The van der Waals surface area contributed by atoms with Gasteiger partial charge in [-0.15, -0.1) is 0 Å². The molecule has 2 aromatic rings. The molecule has 1 aliphatic heterocycles. The fourth-order valence-electron chi connectivity index (χ4n) is 2.38. The second-order valence-electron chi connectivity index (χ2n) is 4.97. The Morgan fingerprint density at radius 3 is 2.78 bits per heavy atom. The standard InChI is InChI=1S/C16H14ClN3O3/c1-18-15(21)13-9-20(11-4-2-3-5-12(11)23-13)16(22)10-6-7-14(17)19-8-10/h2-8,13H,9H2,1H3,(H,18,21)/t13-/m1/s1. The summed E-state index contributed by atoms with van der Waals surface area (Å²) in [6, 6.07) is 10.3. The number of amides is 2. The molecule has 1 aromatic heterocycles. The van der Waals surface area contributed by atoms with E-state index < -0.39 is 6.10 Å². The molecular weight excluding hydrogens is 318 g/mol. The molecule has 0 unspecified atom stereocenters. The van der Waals surface area contributed by atoms with Crippen LogP contribution in [0, 0.1) is 0 Å². The highest BCUT2D eigenvalue weighted by atomic mass is 35.5. The topological polar surface area (TPSA) is 71.5 Å². The summed E-state index contributed by atoms with van der Waals surface area (Å²) in [6.07, 6.45) is 0.650. The number of hydrogen-bond donors (Lipinski definition) is 1. The number of hydrogen-bond acceptors (Lipinski definition) is 4. The molecule has 0 radical (unpaired) electrons. The maximum absolute atomic E-state index is 12.8. The summed E-state index contributed by atoms with van der Waals surface area (Å²) < 4.78 is 5.68. The van der Waals surface area contributed by atoms with Crippen LogP contribution in [-0.2, 0) is 4.79 Å². The highest BCUT2D eigenvalue weighted by Crippen LogP contribution is 2.34. The van der Waals surface area contributed by atoms with E-state index in [4.69, 9.17) is 16.3 Å². The molecule has 0 aliphatic carbocycles. The van der Waals surface area contributed by atoms with Crippen LogP contribution in [0.5, 0.6) is 5.75 Å². The first kappa shape index (κ1) is 15.3. The van der Waals surface area contributed by atoms with Crippen LogP contribution in [0.2, 0.25) is 5.15 Å². The summed E-state index contributed by atoms with van der Waals surface area (Å²) in [5, 5.41) is 2.85. The number of rotatable bonds is 2. The third kappa shape index (κ3) is 2.98. The van der Waals surface area contributed by atoms with Gasteiger partial charge in [-0.25, -0.2) is 4.98 Å². The van der Waals surface area contributed by atoms with Gasteiger partial charge in [-0.3, -0.25) is 9.59 Å². The lowest BCUT2D eigenvalue weighted by Crippen LogP contribution is -2.50. The Labute approximate surface area is 138 Å². The molecule has 1 aromatic carbocycles. The smallest absolute Gasteiger partial charge is 0.262 e. The number of anilines is 1. The average Bonchev–Trinajstić information content (AvgIpc) is 2.60. The zero-order valence-electron chi connectivity index (χ0n) is 12.3. The van der Waals surface area contributed by atoms with E-state index in [-0.39, 0.29) is 18.4 Å². The first-order valence-electron chi connectivity index (χ1n) is 7.01. The van der Waals surface area contributed by atoms with Gasteiger partial charge in [0.1, 0.15) is 10.9 Å². The molecule has 0 spiro atoms. The molecule has 0 bridgehead atoms. The van der Waals surface area contributed by atoms with Crippen molar-refractivity contribution in [2.45, 2.75) is 6.10 Å². The average molecular weight is 332 g/mol. The summed E-state index contributed by atoms with van der Waals surface area (Å²) >= 11 is 5.76. The van der Waals surface area contributed by atoms with E-state index in [2.05, 4.69) is 10.3 Å². The predicted molar refractivity (Wildman–Crippen MR) is 85.8 cm³/mol. The number of likely N-dealkylation sites (N-methyl/N-ethyl adjacent to an activating group) is 1. The number of halogens is 1. The number of fused-ring (bicyclic) bond motifs is 1. The van der Waals surface area contributed by atoms with E-state index in [1.54, 1.807) is 30.3 Å². The first-order chi connectivity index (χ1) is 11.1. The third-order valence-electron chi connectivity index (χ3n) is 3.53. The lowest BCUT2D eigenvalue weighted by atomic mass is 10.1. The van der Waals surface area contributed by atoms with Crippen LogP contribution < -0.4 is 15.0 Å². The van der Waals surface area contributed by atoms with Crippen LogP contribution in [0.25, 0.3) is 0 Å². The number of nitrogens with one attached hydrogen (secondary N) is 1. The molecule has 0 fully saturated rings. The maximum Gasteiger partial charge on any atom is 0.262 e. The van der Waals surface area contributed by atoms with Crippen LogP contribution in [0.15, 0.2) is 42.6 Å². The van der Waals surface area contributed by atoms with Gasteiger partial charge in [0.25, 0.3) is 11.8 Å². The molecule has 6 nitrogen and oxygen atoms in total. The number of ether oxygens (including phenoxy) is 1. The van der Waals surface area contributed by atoms with Gasteiger partial charge >= 0.3 is 0 Å². The van der Waals surface area contributed by atoms with Gasteiger partial charge in [-0.05, 0) is 24.3 Å². The summed E-state index contributed by atoms with van der Waals surface area (Å²) in [5.74, 6) is -0.0621. The minimum atomic E-state index is -0.765. The number of carbonyl (C=O) groups is 2. The Kier molecular flexibility index (Phi) is 4.16. The Morgan fingerprint density at radius 2 is 2.09 bits per heavy atom. The maximum atomic E-state index is 12.8. The van der Waals surface area contributed by atoms with E-state index in [1.807, 2.05) is 6.07 Å². The van der Waals surface area contributed by atoms with E-state index in [1.165, 1.54) is 18.1 Å². The van der Waals surface area contributed by atoms with Crippen molar-refractivity contribution in [3.63, 3.8) is 0 Å². The number of nitrogens with zero attached hydrogens (tertiary/aromatic N) is 2. The fourth-order valence-corrected chi connectivity index (χ4v) is 2.49. The van der Waals surface area contributed by atoms with E-state index >= 15 is 0 Å². The van der Waals surface area contributed by atoms with Crippen molar-refractivity contribution in [2.75, 3.05) is 18.5 Å². The van der Waals surface area contributed by atoms with Crippen LogP contribution in [0.4, 0.5) is 5.69 Å². The van der Waals surface area contributed by atoms with Gasteiger partial charge in [0.2, 0.25) is 0 Å². The Hall–Kier alpha value is -2.60. The van der Waals surface area contributed by atoms with Crippen molar-refractivity contribution in [3.8, 4) is 5.75 Å². The Morgan fingerprint density at radius 1 is 1.30 bits per heavy atom. The van der Waals surface area contributed by atoms with Crippen LogP contribution >= 0.6 is 11.6 Å². The zero-order valence-corrected chi connectivity index (χ0v) is 13.1. The second kappa shape index (κ2) is 6.26. The van der Waals surface area contributed by atoms with Gasteiger partial charge in [0.05, 0.1) is 17.8 Å². The SMILES string of the molecule is CNC(=O)[C@H]1CN(C(=O)c2ccc(Cl)nc2)c2ccccc2O1. The van der Waals surface area contributed by atoms with Gasteiger partial charge in [0, 0.05) is 13.2 Å². The van der Waals surface area contributed by atoms with Crippen LogP contribution in [0.1, 0.15) is 10.4 Å². The first-order valence-corrected chi connectivity index (χ1v) is 7.38. The number of aromatic nitrogens is 1. The monoisotopic (exact) mass is 331 g/mol. The summed E-state index contributed by atoms with van der Waals surface area (Å²) in [4.78, 5) is 30.2. The highest BCUT2D eigenvalue weighted by molar-refractivity contribution is 6.29. The molecule has 1 N–H and O–H groups in total. The zero-order chi connectivity index (χ0) is 16.4. The molecule has 2 amide bonds. The van der Waals surface area contributed by atoms with Crippen molar-refractivity contribution in [1.82, 2.24) is 10.3 Å². The van der Waals surface area contributed by atoms with Crippen LogP contribution in [-0.4, -0.2) is 36.5 Å². The van der Waals surface area contributed by atoms with E-state index in [9.17, 15) is 9.59 Å². The molecule has 1 aliphatic rings. The summed E-state index contributed by atoms with van der Waals surface area (Å²) in [7, 11) is 1.53. The molecule has 1 atom stereocenters. The number of benzene rings is 1. The van der Waals surface area contributed by atoms with Gasteiger partial charge in [-0.1, -0.05) is 23.7 Å². The molecule has 7 heteroatoms. The molecule has 23 heavy (non-hydrogen) atoms. The molecule has 3 rings (SSSR count). The van der Waals surface area contributed by atoms with Crippen molar-refractivity contribution >= 4 is 29.1 Å². The normalized spacial score (nSPS) is 16.3. The van der Waals surface area contributed by atoms with Gasteiger partial charge in [0.15, 0.2) is 6.10 Å². The number of pyridine rings is 1. The van der Waals surface area contributed by atoms with Gasteiger partial charge in [-0.2, -0.15) is 0 Å². The van der Waals surface area contributed by atoms with Crippen molar-refractivity contribution in [3.05, 3.63) is 53.3 Å². The minimum Gasteiger partial charge on any atom is -0.477 e. The number of para-hydroxylation sites is 2. The fraction of sp³-hybridized carbons (Fsp3) is 0.188. The van der Waals surface area contributed by atoms with Gasteiger partial charge < -0.3 is 15.0 Å². The van der Waals surface area contributed by atoms with Crippen LogP contribution in [0.3, 0.4) is 0 Å². The molecule has 0 saturated carbocycles.